The molecule has 0 saturated heterocycles. The molecule has 4 atom stereocenters. The van der Waals surface area contributed by atoms with E-state index >= 15 is 0 Å². The third-order valence-corrected chi connectivity index (χ3v) is 10.1. The van der Waals surface area contributed by atoms with Crippen molar-refractivity contribution in [3.63, 3.8) is 0 Å². The number of aromatic amines is 2. The van der Waals surface area contributed by atoms with Crippen molar-refractivity contribution in [2.75, 3.05) is 7.11 Å². The summed E-state index contributed by atoms with van der Waals surface area (Å²) in [6.07, 6.45) is 2.86. The van der Waals surface area contributed by atoms with Crippen molar-refractivity contribution in [1.29, 1.82) is 0 Å². The molecular formula is C45H48N6O8. The second-order valence-corrected chi connectivity index (χ2v) is 14.6. The molecule has 0 fully saturated rings. The third kappa shape index (κ3) is 10.9. The molecule has 0 aliphatic carbocycles. The van der Waals surface area contributed by atoms with Crippen LogP contribution in [0.2, 0.25) is 0 Å². The van der Waals surface area contributed by atoms with E-state index in [4.69, 9.17) is 9.47 Å². The van der Waals surface area contributed by atoms with Gasteiger partial charge >= 0.3 is 12.1 Å². The second-order valence-electron chi connectivity index (χ2n) is 14.6. The highest BCUT2D eigenvalue weighted by molar-refractivity contribution is 5.96. The fraction of sp³-hybridized carbons (Fsp3) is 0.267. The first-order valence-electron chi connectivity index (χ1n) is 19.3. The molecule has 0 saturated carbocycles. The zero-order valence-corrected chi connectivity index (χ0v) is 33.0. The summed E-state index contributed by atoms with van der Waals surface area (Å²) in [7, 11) is 1.24. The van der Waals surface area contributed by atoms with Gasteiger partial charge in [0.25, 0.3) is 0 Å². The van der Waals surface area contributed by atoms with Crippen molar-refractivity contribution < 1.29 is 38.6 Å². The highest BCUT2D eigenvalue weighted by Gasteiger charge is 2.34. The van der Waals surface area contributed by atoms with Crippen LogP contribution in [0.15, 0.2) is 116 Å². The van der Waals surface area contributed by atoms with Crippen LogP contribution in [0, 0.1) is 5.92 Å². The molecule has 4 amide bonds. The average Bonchev–Trinajstić information content (AvgIpc) is 3.85. The van der Waals surface area contributed by atoms with Gasteiger partial charge in [-0.2, -0.15) is 0 Å². The standard InChI is InChI=1S/C45H48N6O8/c1-27(2)40(51-42(54)37(21-28-17-19-32(52)20-18-28)50-45(57)59-26-29-11-5-4-6-12-29)43(55)48-38(22-30-24-46-35-15-9-7-13-33(30)35)41(53)49-39(44(56)58-3)23-31-25-47-36-16-10-8-14-34(31)36/h4-20,24-25,27,37-40,46-47,52H,21-23,26H2,1-3H3,(H,48,55)(H,49,53)(H,50,57)(H,51,54)/t37-,38-,39-,40-/m0/s1. The molecule has 0 spiro atoms. The number of aromatic hydroxyl groups is 1. The lowest BCUT2D eigenvalue weighted by Crippen LogP contribution is -2.59. The number of rotatable bonds is 17. The number of aromatic nitrogens is 2. The summed E-state index contributed by atoms with van der Waals surface area (Å²) < 4.78 is 10.5. The highest BCUT2D eigenvalue weighted by atomic mass is 16.5. The number of benzene rings is 4. The fourth-order valence-electron chi connectivity index (χ4n) is 6.89. The number of ether oxygens (including phenoxy) is 2. The number of esters is 1. The van der Waals surface area contributed by atoms with Crippen LogP contribution >= 0.6 is 0 Å². The Balaban J connectivity index is 1.22. The summed E-state index contributed by atoms with van der Waals surface area (Å²) >= 11 is 0. The summed E-state index contributed by atoms with van der Waals surface area (Å²) in [5.74, 6) is -3.08. The summed E-state index contributed by atoms with van der Waals surface area (Å²) in [5.41, 5.74) is 4.61. The van der Waals surface area contributed by atoms with Crippen molar-refractivity contribution in [1.82, 2.24) is 31.2 Å². The molecule has 14 heteroatoms. The lowest BCUT2D eigenvalue weighted by atomic mass is 9.99. The molecule has 2 aromatic heterocycles. The number of hydrogen-bond donors (Lipinski definition) is 7. The quantitative estimate of drug-likeness (QED) is 0.0627. The number of fused-ring (bicyclic) bond motifs is 2. The van der Waals surface area contributed by atoms with Crippen LogP contribution in [-0.2, 0) is 54.5 Å². The number of carbonyl (C=O) groups excluding carboxylic acids is 5. The van der Waals surface area contributed by atoms with E-state index in [1.165, 1.54) is 19.2 Å². The van der Waals surface area contributed by atoms with Gasteiger partial charge in [0.05, 0.1) is 7.11 Å². The molecule has 6 aromatic rings. The van der Waals surface area contributed by atoms with Gasteiger partial charge in [0.1, 0.15) is 36.5 Å². The number of phenolic OH excluding ortho intramolecular Hbond substituents is 1. The van der Waals surface area contributed by atoms with Gasteiger partial charge in [0, 0.05) is 53.5 Å². The van der Waals surface area contributed by atoms with E-state index in [-0.39, 0.29) is 31.6 Å². The molecule has 0 aliphatic rings. The van der Waals surface area contributed by atoms with E-state index in [1.54, 1.807) is 50.5 Å². The minimum absolute atomic E-state index is 0.00985. The molecule has 4 aromatic carbocycles. The van der Waals surface area contributed by atoms with Crippen LogP contribution in [0.1, 0.15) is 36.1 Å². The number of alkyl carbamates (subject to hydrolysis) is 1. The number of phenols is 1. The number of para-hydroxylation sites is 2. The van der Waals surface area contributed by atoms with Gasteiger partial charge in [0.15, 0.2) is 0 Å². The Morgan fingerprint density at radius 3 is 1.71 bits per heavy atom. The summed E-state index contributed by atoms with van der Waals surface area (Å²) in [6.45, 7) is 3.45. The lowest BCUT2D eigenvalue weighted by molar-refractivity contribution is -0.145. The zero-order valence-electron chi connectivity index (χ0n) is 33.0. The van der Waals surface area contributed by atoms with Crippen molar-refractivity contribution in [3.05, 3.63) is 138 Å². The van der Waals surface area contributed by atoms with E-state index in [0.29, 0.717) is 5.56 Å². The van der Waals surface area contributed by atoms with Crippen LogP contribution in [-0.4, -0.2) is 76.1 Å². The predicted octanol–water partition coefficient (Wildman–Crippen LogP) is 4.96. The third-order valence-electron chi connectivity index (χ3n) is 10.1. The summed E-state index contributed by atoms with van der Waals surface area (Å²) in [6, 6.07) is 25.7. The average molecular weight is 801 g/mol. The predicted molar refractivity (Wildman–Crippen MR) is 222 cm³/mol. The molecule has 306 valence electrons. The monoisotopic (exact) mass is 800 g/mol. The Bertz CT molecular complexity index is 2390. The van der Waals surface area contributed by atoms with Crippen LogP contribution in [0.5, 0.6) is 5.75 Å². The summed E-state index contributed by atoms with van der Waals surface area (Å²) in [4.78, 5) is 75.1. The smallest absolute Gasteiger partial charge is 0.408 e. The molecule has 2 heterocycles. The first-order chi connectivity index (χ1) is 28.5. The SMILES string of the molecule is COC(=O)[C@H](Cc1c[nH]c2ccccc12)NC(=O)[C@H](Cc1c[nH]c2ccccc12)NC(=O)[C@@H](NC(=O)[C@H](Cc1ccc(O)cc1)NC(=O)OCc1ccccc1)C(C)C. The Morgan fingerprint density at radius 2 is 1.12 bits per heavy atom. The lowest BCUT2D eigenvalue weighted by Gasteiger charge is -2.28. The number of nitrogens with one attached hydrogen (secondary N) is 6. The maximum atomic E-state index is 14.3. The van der Waals surface area contributed by atoms with Crippen LogP contribution in [0.25, 0.3) is 21.8 Å². The maximum Gasteiger partial charge on any atom is 0.408 e. The first kappa shape index (κ1) is 41.5. The van der Waals surface area contributed by atoms with Crippen molar-refractivity contribution >= 4 is 51.6 Å². The molecule has 59 heavy (non-hydrogen) atoms. The topological polar surface area (TPSA) is 204 Å². The van der Waals surface area contributed by atoms with E-state index in [2.05, 4.69) is 31.2 Å². The Hall–Kier alpha value is -7.09. The van der Waals surface area contributed by atoms with Crippen LogP contribution in [0.3, 0.4) is 0 Å². The molecule has 0 unspecified atom stereocenters. The normalized spacial score (nSPS) is 13.2. The van der Waals surface area contributed by atoms with Crippen molar-refractivity contribution in [2.24, 2.45) is 5.92 Å². The van der Waals surface area contributed by atoms with E-state index in [0.717, 1.165) is 38.5 Å². The minimum atomic E-state index is -1.20. The van der Waals surface area contributed by atoms with Gasteiger partial charge in [-0.15, -0.1) is 0 Å². The van der Waals surface area contributed by atoms with Crippen LogP contribution < -0.4 is 21.3 Å². The number of carbonyl (C=O) groups is 5. The van der Waals surface area contributed by atoms with Gasteiger partial charge in [-0.3, -0.25) is 14.4 Å². The molecule has 0 radical (unpaired) electrons. The number of methoxy groups -OCH3 is 1. The van der Waals surface area contributed by atoms with Gasteiger partial charge < -0.3 is 45.8 Å². The van der Waals surface area contributed by atoms with E-state index in [9.17, 15) is 29.1 Å². The maximum absolute atomic E-state index is 14.3. The fourth-order valence-corrected chi connectivity index (χ4v) is 6.89. The van der Waals surface area contributed by atoms with Crippen molar-refractivity contribution in [3.8, 4) is 5.75 Å². The van der Waals surface area contributed by atoms with Crippen molar-refractivity contribution in [2.45, 2.75) is 63.9 Å². The van der Waals surface area contributed by atoms with Gasteiger partial charge in [0.2, 0.25) is 17.7 Å². The number of hydrogen-bond acceptors (Lipinski definition) is 8. The van der Waals surface area contributed by atoms with E-state index < -0.39 is 59.9 Å². The molecule has 6 rings (SSSR count). The number of H-pyrrole nitrogens is 2. The summed E-state index contributed by atoms with van der Waals surface area (Å²) in [5, 5.41) is 22.6. The van der Waals surface area contributed by atoms with E-state index in [1.807, 2.05) is 66.7 Å². The first-order valence-corrected chi connectivity index (χ1v) is 19.3. The Kier molecular flexibility index (Phi) is 13.6. The van der Waals surface area contributed by atoms with Crippen LogP contribution in [0.4, 0.5) is 4.79 Å². The highest BCUT2D eigenvalue weighted by Crippen LogP contribution is 2.22. The molecular weight excluding hydrogens is 753 g/mol. The van der Waals surface area contributed by atoms with Gasteiger partial charge in [-0.25, -0.2) is 9.59 Å². The molecule has 0 aliphatic heterocycles. The minimum Gasteiger partial charge on any atom is -0.508 e. The zero-order chi connectivity index (χ0) is 41.9. The van der Waals surface area contributed by atoms with Gasteiger partial charge in [-0.1, -0.05) is 92.7 Å². The van der Waals surface area contributed by atoms with Gasteiger partial charge in [-0.05, 0) is 52.4 Å². The second kappa shape index (κ2) is 19.4. The molecule has 0 bridgehead atoms. The Labute approximate surface area is 341 Å². The Morgan fingerprint density at radius 1 is 0.593 bits per heavy atom. The number of amides is 4. The molecule has 7 N–H and O–H groups in total. The molecule has 14 nitrogen and oxygen atoms in total. The largest absolute Gasteiger partial charge is 0.508 e.